The molecule has 1 aromatic heterocycles. The van der Waals surface area contributed by atoms with Crippen LogP contribution in [0.1, 0.15) is 31.1 Å². The quantitative estimate of drug-likeness (QED) is 0.862. The number of nitrogens with one attached hydrogen (secondary N) is 1. The van der Waals surface area contributed by atoms with E-state index >= 15 is 0 Å². The molecule has 1 aromatic rings. The Hall–Kier alpha value is -2.11. The molecule has 0 spiro atoms. The molecule has 21 heavy (non-hydrogen) atoms. The zero-order valence-corrected chi connectivity index (χ0v) is 13.4. The number of hydrogen-bond acceptors (Lipinski definition) is 4. The van der Waals surface area contributed by atoms with Gasteiger partial charge in [-0.05, 0) is 32.9 Å². The summed E-state index contributed by atoms with van der Waals surface area (Å²) in [6, 6.07) is 3.06. The molecule has 0 aliphatic rings. The third-order valence-corrected chi connectivity index (χ3v) is 3.23. The van der Waals surface area contributed by atoms with Crippen LogP contribution in [-0.2, 0) is 4.79 Å². The molecular formula is C15H24N4O2. The molecule has 116 valence electrons. The molecule has 1 N–H and O–H groups in total. The van der Waals surface area contributed by atoms with Crippen molar-refractivity contribution >= 4 is 17.6 Å². The van der Waals surface area contributed by atoms with Gasteiger partial charge in [-0.1, -0.05) is 0 Å². The van der Waals surface area contributed by atoms with Crippen LogP contribution in [0, 0.1) is 0 Å². The zero-order chi connectivity index (χ0) is 16.0. The maximum absolute atomic E-state index is 12.1. The number of nitrogens with zero attached hydrogens (tertiary/aromatic N) is 3. The first kappa shape index (κ1) is 16.9. The normalized spacial score (nSPS) is 11.7. The molecule has 1 unspecified atom stereocenters. The summed E-state index contributed by atoms with van der Waals surface area (Å²) in [5.41, 5.74) is 0.522. The summed E-state index contributed by atoms with van der Waals surface area (Å²) in [5, 5.41) is 3.06. The number of anilines is 1. The van der Waals surface area contributed by atoms with Gasteiger partial charge >= 0.3 is 0 Å². The zero-order valence-electron chi connectivity index (χ0n) is 13.4. The van der Waals surface area contributed by atoms with E-state index in [1.54, 1.807) is 38.1 Å². The minimum absolute atomic E-state index is 0.0373. The molecule has 0 saturated heterocycles. The molecule has 0 fully saturated rings. The molecule has 2 amide bonds. The summed E-state index contributed by atoms with van der Waals surface area (Å²) in [6.07, 6.45) is 1.51. The van der Waals surface area contributed by atoms with Gasteiger partial charge < -0.3 is 15.1 Å². The Balaban J connectivity index is 2.71. The molecule has 0 aliphatic carbocycles. The van der Waals surface area contributed by atoms with Crippen LogP contribution in [0.5, 0.6) is 0 Å². The van der Waals surface area contributed by atoms with Crippen LogP contribution in [0.3, 0.4) is 0 Å². The fourth-order valence-corrected chi connectivity index (χ4v) is 1.96. The third kappa shape index (κ3) is 4.44. The number of rotatable bonds is 6. The van der Waals surface area contributed by atoms with Gasteiger partial charge in [0.15, 0.2) is 0 Å². The van der Waals surface area contributed by atoms with Crippen LogP contribution >= 0.6 is 0 Å². The maximum atomic E-state index is 12.1. The second-order valence-electron chi connectivity index (χ2n) is 5.01. The number of amides is 2. The second-order valence-corrected chi connectivity index (χ2v) is 5.01. The van der Waals surface area contributed by atoms with Crippen molar-refractivity contribution in [1.29, 1.82) is 0 Å². The lowest BCUT2D eigenvalue weighted by Gasteiger charge is -2.23. The monoisotopic (exact) mass is 292 g/mol. The van der Waals surface area contributed by atoms with Crippen LogP contribution in [0.25, 0.3) is 0 Å². The third-order valence-electron chi connectivity index (χ3n) is 3.23. The number of carbonyl (C=O) groups excluding carboxylic acids is 2. The Morgan fingerprint density at radius 1 is 1.24 bits per heavy atom. The van der Waals surface area contributed by atoms with E-state index in [9.17, 15) is 9.59 Å². The predicted octanol–water partition coefficient (Wildman–Crippen LogP) is 1.45. The average Bonchev–Trinajstić information content (AvgIpc) is 2.48. The van der Waals surface area contributed by atoms with Gasteiger partial charge in [-0.2, -0.15) is 0 Å². The number of likely N-dealkylation sites (N-methyl/N-ethyl adjacent to an activating group) is 1. The predicted molar refractivity (Wildman–Crippen MR) is 83.3 cm³/mol. The van der Waals surface area contributed by atoms with Gasteiger partial charge in [-0.15, -0.1) is 0 Å². The Morgan fingerprint density at radius 3 is 2.29 bits per heavy atom. The molecule has 0 aliphatic heterocycles. The first-order chi connectivity index (χ1) is 9.90. The van der Waals surface area contributed by atoms with E-state index in [1.165, 1.54) is 11.1 Å². The van der Waals surface area contributed by atoms with Crippen molar-refractivity contribution in [2.45, 2.75) is 26.8 Å². The van der Waals surface area contributed by atoms with Crippen LogP contribution in [0.4, 0.5) is 5.82 Å². The van der Waals surface area contributed by atoms with Crippen LogP contribution in [0.2, 0.25) is 0 Å². The fraction of sp³-hybridized carbons (Fsp3) is 0.533. The van der Waals surface area contributed by atoms with E-state index < -0.39 is 0 Å². The summed E-state index contributed by atoms with van der Waals surface area (Å²) < 4.78 is 0. The maximum Gasteiger partial charge on any atom is 0.254 e. The molecule has 0 bridgehead atoms. The first-order valence-electron chi connectivity index (χ1n) is 7.13. The van der Waals surface area contributed by atoms with E-state index in [0.29, 0.717) is 24.5 Å². The highest BCUT2D eigenvalue weighted by Gasteiger charge is 2.18. The van der Waals surface area contributed by atoms with E-state index in [1.807, 2.05) is 13.8 Å². The van der Waals surface area contributed by atoms with Gasteiger partial charge in [0.2, 0.25) is 5.91 Å². The van der Waals surface area contributed by atoms with E-state index in [4.69, 9.17) is 0 Å². The molecule has 0 radical (unpaired) electrons. The Morgan fingerprint density at radius 2 is 1.86 bits per heavy atom. The number of pyridine rings is 1. The Bertz CT molecular complexity index is 481. The smallest absolute Gasteiger partial charge is 0.254 e. The summed E-state index contributed by atoms with van der Waals surface area (Å²) in [7, 11) is 3.39. The van der Waals surface area contributed by atoms with Gasteiger partial charge in [-0.25, -0.2) is 4.98 Å². The summed E-state index contributed by atoms with van der Waals surface area (Å²) in [4.78, 5) is 31.4. The topological polar surface area (TPSA) is 65.5 Å². The van der Waals surface area contributed by atoms with Crippen molar-refractivity contribution in [3.63, 3.8) is 0 Å². The highest BCUT2D eigenvalue weighted by atomic mass is 16.2. The SMILES string of the molecule is CCN(CC)C(=O)C(C)Nc1ccc(C(=O)N(C)C)cn1. The van der Waals surface area contributed by atoms with Crippen molar-refractivity contribution in [1.82, 2.24) is 14.8 Å². The molecule has 6 nitrogen and oxygen atoms in total. The number of carbonyl (C=O) groups is 2. The van der Waals surface area contributed by atoms with Crippen molar-refractivity contribution < 1.29 is 9.59 Å². The Kier molecular flexibility index (Phi) is 6.14. The lowest BCUT2D eigenvalue weighted by Crippen LogP contribution is -2.41. The molecule has 1 atom stereocenters. The van der Waals surface area contributed by atoms with Crippen molar-refractivity contribution in [3.8, 4) is 0 Å². The average molecular weight is 292 g/mol. The molecule has 0 aromatic carbocycles. The summed E-state index contributed by atoms with van der Waals surface area (Å²) >= 11 is 0. The van der Waals surface area contributed by atoms with Gasteiger partial charge in [-0.3, -0.25) is 9.59 Å². The van der Waals surface area contributed by atoms with Gasteiger partial charge in [0, 0.05) is 33.4 Å². The van der Waals surface area contributed by atoms with Crippen molar-refractivity contribution in [3.05, 3.63) is 23.9 Å². The first-order valence-corrected chi connectivity index (χ1v) is 7.13. The molecule has 6 heteroatoms. The molecule has 1 rings (SSSR count). The van der Waals surface area contributed by atoms with Gasteiger partial charge in [0.1, 0.15) is 11.9 Å². The minimum atomic E-state index is -0.354. The fourth-order valence-electron chi connectivity index (χ4n) is 1.96. The lowest BCUT2D eigenvalue weighted by atomic mass is 10.2. The van der Waals surface area contributed by atoms with E-state index in [-0.39, 0.29) is 17.9 Å². The number of aromatic nitrogens is 1. The highest BCUT2D eigenvalue weighted by Crippen LogP contribution is 2.09. The van der Waals surface area contributed by atoms with Gasteiger partial charge in [0.25, 0.3) is 5.91 Å². The van der Waals surface area contributed by atoms with Crippen LogP contribution in [-0.4, -0.2) is 59.8 Å². The largest absolute Gasteiger partial charge is 0.359 e. The standard InChI is InChI=1S/C15H24N4O2/c1-6-19(7-2)14(20)11(3)17-13-9-8-12(10-16-13)15(21)18(4)5/h8-11H,6-7H2,1-5H3,(H,16,17). The van der Waals surface area contributed by atoms with Crippen LogP contribution < -0.4 is 5.32 Å². The van der Waals surface area contributed by atoms with E-state index in [2.05, 4.69) is 10.3 Å². The molecular weight excluding hydrogens is 268 g/mol. The number of hydrogen-bond donors (Lipinski definition) is 1. The van der Waals surface area contributed by atoms with Gasteiger partial charge in [0.05, 0.1) is 5.56 Å². The highest BCUT2D eigenvalue weighted by molar-refractivity contribution is 5.93. The van der Waals surface area contributed by atoms with Crippen molar-refractivity contribution in [2.24, 2.45) is 0 Å². The van der Waals surface area contributed by atoms with Crippen LogP contribution in [0.15, 0.2) is 18.3 Å². The van der Waals surface area contributed by atoms with Crippen molar-refractivity contribution in [2.75, 3.05) is 32.5 Å². The second kappa shape index (κ2) is 7.61. The summed E-state index contributed by atoms with van der Waals surface area (Å²) in [5.74, 6) is 0.523. The lowest BCUT2D eigenvalue weighted by molar-refractivity contribution is -0.131. The van der Waals surface area contributed by atoms with E-state index in [0.717, 1.165) is 0 Å². The Labute approximate surface area is 126 Å². The summed E-state index contributed by atoms with van der Waals surface area (Å²) in [6.45, 7) is 7.08. The molecule has 0 saturated carbocycles. The minimum Gasteiger partial charge on any atom is -0.359 e. The molecule has 1 heterocycles.